The van der Waals surface area contributed by atoms with E-state index in [-0.39, 0.29) is 36.8 Å². The third-order valence-corrected chi connectivity index (χ3v) is 5.41. The number of hydrogen-bond donors (Lipinski definition) is 2. The van der Waals surface area contributed by atoms with Crippen LogP contribution in [0.5, 0.6) is 5.75 Å². The number of hydrogen-bond acceptors (Lipinski definition) is 4. The van der Waals surface area contributed by atoms with Gasteiger partial charge in [0.2, 0.25) is 5.91 Å². The first-order chi connectivity index (χ1) is 16.0. The average Bonchev–Trinajstić information content (AvgIpc) is 2.96. The van der Waals surface area contributed by atoms with Crippen molar-refractivity contribution < 1.29 is 19.1 Å². The maximum atomic E-state index is 13.2. The zero-order valence-electron chi connectivity index (χ0n) is 18.3. The van der Waals surface area contributed by atoms with Crippen molar-refractivity contribution in [2.24, 2.45) is 0 Å². The molecule has 0 saturated carbocycles. The van der Waals surface area contributed by atoms with Crippen molar-refractivity contribution in [3.05, 3.63) is 90.0 Å². The van der Waals surface area contributed by atoms with E-state index in [1.54, 1.807) is 47.4 Å². The van der Waals surface area contributed by atoms with E-state index >= 15 is 0 Å². The third-order valence-electron chi connectivity index (χ3n) is 5.41. The van der Waals surface area contributed by atoms with Crippen LogP contribution in [0.1, 0.15) is 29.3 Å². The molecule has 4 rings (SSSR count). The maximum absolute atomic E-state index is 13.2. The first-order valence-corrected chi connectivity index (χ1v) is 10.8. The number of nitrogens with one attached hydrogen (secondary N) is 2. The third kappa shape index (κ3) is 5.20. The summed E-state index contributed by atoms with van der Waals surface area (Å²) in [5.41, 5.74) is 2.54. The van der Waals surface area contributed by atoms with Crippen LogP contribution in [0.4, 0.5) is 11.4 Å². The second-order valence-electron chi connectivity index (χ2n) is 7.84. The SMILES string of the molecule is C[C@@H]1CC(=O)Nc2ccccc2N1C(=O)COc1ccccc1C(=O)NCc1ccccc1. The molecule has 0 aromatic heterocycles. The minimum atomic E-state index is -0.339. The van der Waals surface area contributed by atoms with Crippen LogP contribution in [0.15, 0.2) is 78.9 Å². The molecule has 0 radical (unpaired) electrons. The summed E-state index contributed by atoms with van der Waals surface area (Å²) in [6, 6.07) is 23.3. The van der Waals surface area contributed by atoms with Crippen LogP contribution in [-0.4, -0.2) is 30.4 Å². The quantitative estimate of drug-likeness (QED) is 0.607. The highest BCUT2D eigenvalue weighted by Gasteiger charge is 2.30. The number of benzene rings is 3. The Balaban J connectivity index is 1.47. The van der Waals surface area contributed by atoms with Crippen LogP contribution in [0.25, 0.3) is 0 Å². The standard InChI is InChI=1S/C26H25N3O4/c1-18-15-24(30)28-21-12-6-7-13-22(21)29(18)25(31)17-33-23-14-8-5-11-20(23)26(32)27-16-19-9-3-2-4-10-19/h2-14,18H,15-17H2,1H3,(H,27,32)(H,28,30)/t18-/m1/s1. The number of amides is 3. The molecule has 1 atom stereocenters. The van der Waals surface area contributed by atoms with Gasteiger partial charge in [-0.3, -0.25) is 14.4 Å². The Morgan fingerprint density at radius 2 is 1.70 bits per heavy atom. The summed E-state index contributed by atoms with van der Waals surface area (Å²) in [6.07, 6.45) is 0.179. The highest BCUT2D eigenvalue weighted by molar-refractivity contribution is 6.05. The van der Waals surface area contributed by atoms with Gasteiger partial charge in [-0.25, -0.2) is 0 Å². The molecule has 7 nitrogen and oxygen atoms in total. The molecule has 1 aliphatic rings. The van der Waals surface area contributed by atoms with Crippen LogP contribution < -0.4 is 20.3 Å². The fraction of sp³-hybridized carbons (Fsp3) is 0.192. The van der Waals surface area contributed by atoms with Gasteiger partial charge in [-0.15, -0.1) is 0 Å². The van der Waals surface area contributed by atoms with E-state index in [2.05, 4.69) is 10.6 Å². The molecule has 7 heteroatoms. The number of carbonyl (C=O) groups is 3. The predicted octanol–water partition coefficient (Wildman–Crippen LogP) is 3.76. The van der Waals surface area contributed by atoms with Gasteiger partial charge in [0.05, 0.1) is 16.9 Å². The van der Waals surface area contributed by atoms with E-state index in [1.807, 2.05) is 43.3 Å². The Bertz CT molecular complexity index is 1160. The van der Waals surface area contributed by atoms with Gasteiger partial charge in [0, 0.05) is 19.0 Å². The number of nitrogens with zero attached hydrogens (tertiary/aromatic N) is 1. The van der Waals surface area contributed by atoms with Crippen molar-refractivity contribution >= 4 is 29.1 Å². The molecule has 1 heterocycles. The molecule has 0 bridgehead atoms. The molecule has 3 aromatic rings. The lowest BCUT2D eigenvalue weighted by molar-refractivity contribution is -0.121. The number of carbonyl (C=O) groups excluding carboxylic acids is 3. The van der Waals surface area contributed by atoms with Crippen molar-refractivity contribution in [1.82, 2.24) is 5.32 Å². The maximum Gasteiger partial charge on any atom is 0.265 e. The van der Waals surface area contributed by atoms with E-state index in [9.17, 15) is 14.4 Å². The lowest BCUT2D eigenvalue weighted by Crippen LogP contribution is -2.41. The number of para-hydroxylation sites is 3. The molecule has 0 saturated heterocycles. The molecule has 3 aromatic carbocycles. The van der Waals surface area contributed by atoms with Crippen molar-refractivity contribution in [2.75, 3.05) is 16.8 Å². The molecular weight excluding hydrogens is 418 g/mol. The van der Waals surface area contributed by atoms with Crippen molar-refractivity contribution in [1.29, 1.82) is 0 Å². The molecule has 0 spiro atoms. The lowest BCUT2D eigenvalue weighted by Gasteiger charge is -2.27. The van der Waals surface area contributed by atoms with Gasteiger partial charge in [-0.2, -0.15) is 0 Å². The Hall–Kier alpha value is -4.13. The Labute approximate surface area is 192 Å². The minimum Gasteiger partial charge on any atom is -0.483 e. The summed E-state index contributed by atoms with van der Waals surface area (Å²) in [6.45, 7) is 1.94. The Kier molecular flexibility index (Phi) is 6.69. The zero-order chi connectivity index (χ0) is 23.2. The summed E-state index contributed by atoms with van der Waals surface area (Å²) in [5.74, 6) is -0.413. The molecule has 0 fully saturated rings. The first kappa shape index (κ1) is 22.1. The van der Waals surface area contributed by atoms with Crippen LogP contribution in [0.2, 0.25) is 0 Å². The zero-order valence-corrected chi connectivity index (χ0v) is 18.3. The smallest absolute Gasteiger partial charge is 0.265 e. The fourth-order valence-electron chi connectivity index (χ4n) is 3.83. The summed E-state index contributed by atoms with van der Waals surface area (Å²) >= 11 is 0. The molecule has 1 aliphatic heterocycles. The number of ether oxygens (including phenoxy) is 1. The Morgan fingerprint density at radius 3 is 2.52 bits per heavy atom. The van der Waals surface area contributed by atoms with Crippen LogP contribution >= 0.6 is 0 Å². The molecule has 3 amide bonds. The molecule has 0 unspecified atom stereocenters. The van der Waals surface area contributed by atoms with Crippen molar-refractivity contribution in [3.63, 3.8) is 0 Å². The molecule has 33 heavy (non-hydrogen) atoms. The molecule has 168 valence electrons. The van der Waals surface area contributed by atoms with Crippen molar-refractivity contribution in [2.45, 2.75) is 25.9 Å². The minimum absolute atomic E-state index is 0.147. The van der Waals surface area contributed by atoms with Gasteiger partial charge in [-0.05, 0) is 36.8 Å². The summed E-state index contributed by atoms with van der Waals surface area (Å²) in [5, 5.41) is 5.72. The van der Waals surface area contributed by atoms with Crippen LogP contribution in [0.3, 0.4) is 0 Å². The van der Waals surface area contributed by atoms with E-state index < -0.39 is 0 Å². The normalized spacial score (nSPS) is 15.1. The van der Waals surface area contributed by atoms with E-state index in [0.29, 0.717) is 29.2 Å². The topological polar surface area (TPSA) is 87.7 Å². The van der Waals surface area contributed by atoms with Crippen LogP contribution in [-0.2, 0) is 16.1 Å². The highest BCUT2D eigenvalue weighted by atomic mass is 16.5. The molecule has 2 N–H and O–H groups in total. The lowest BCUT2D eigenvalue weighted by atomic mass is 10.1. The van der Waals surface area contributed by atoms with Gasteiger partial charge >= 0.3 is 0 Å². The molecular formula is C26H25N3O4. The van der Waals surface area contributed by atoms with Gasteiger partial charge in [-0.1, -0.05) is 54.6 Å². The van der Waals surface area contributed by atoms with Gasteiger partial charge in [0.15, 0.2) is 6.61 Å². The van der Waals surface area contributed by atoms with Gasteiger partial charge in [0.1, 0.15) is 5.75 Å². The number of rotatable bonds is 6. The predicted molar refractivity (Wildman–Crippen MR) is 126 cm³/mol. The summed E-state index contributed by atoms with van der Waals surface area (Å²) < 4.78 is 5.80. The van der Waals surface area contributed by atoms with E-state index in [4.69, 9.17) is 4.74 Å². The first-order valence-electron chi connectivity index (χ1n) is 10.8. The second-order valence-corrected chi connectivity index (χ2v) is 7.84. The Morgan fingerprint density at radius 1 is 1.00 bits per heavy atom. The van der Waals surface area contributed by atoms with E-state index in [1.165, 1.54) is 0 Å². The number of fused-ring (bicyclic) bond motifs is 1. The van der Waals surface area contributed by atoms with Gasteiger partial charge in [0.25, 0.3) is 11.8 Å². The van der Waals surface area contributed by atoms with Crippen molar-refractivity contribution in [3.8, 4) is 5.75 Å². The summed E-state index contributed by atoms with van der Waals surface area (Å²) in [4.78, 5) is 39.6. The highest BCUT2D eigenvalue weighted by Crippen LogP contribution is 2.31. The average molecular weight is 444 g/mol. The van der Waals surface area contributed by atoms with Crippen LogP contribution in [0, 0.1) is 0 Å². The summed E-state index contributed by atoms with van der Waals surface area (Å²) in [7, 11) is 0. The van der Waals surface area contributed by atoms with Gasteiger partial charge < -0.3 is 20.3 Å². The largest absolute Gasteiger partial charge is 0.483 e. The van der Waals surface area contributed by atoms with E-state index in [0.717, 1.165) is 5.56 Å². The molecule has 0 aliphatic carbocycles. The number of anilines is 2. The fourth-order valence-corrected chi connectivity index (χ4v) is 3.83. The second kappa shape index (κ2) is 9.99. The monoisotopic (exact) mass is 443 g/mol.